The molecule has 0 amide bonds. The van der Waals surface area contributed by atoms with Crippen LogP contribution in [0.25, 0.3) is 0 Å². The van der Waals surface area contributed by atoms with E-state index in [2.05, 4.69) is 17.0 Å². The van der Waals surface area contributed by atoms with E-state index in [1.807, 2.05) is 36.4 Å². The molecular formula is C16H19ClN2O. The molecule has 0 aliphatic heterocycles. The molecule has 0 heterocycles. The molecule has 106 valence electrons. The number of hydrogen-bond donors (Lipinski definition) is 2. The van der Waals surface area contributed by atoms with Crippen molar-refractivity contribution in [2.75, 3.05) is 18.1 Å². The Morgan fingerprint density at radius 3 is 2.50 bits per heavy atom. The summed E-state index contributed by atoms with van der Waals surface area (Å²) in [6.45, 7) is 1.81. The van der Waals surface area contributed by atoms with E-state index in [1.54, 1.807) is 0 Å². The van der Waals surface area contributed by atoms with Crippen molar-refractivity contribution in [1.82, 2.24) is 0 Å². The summed E-state index contributed by atoms with van der Waals surface area (Å²) in [5.41, 5.74) is 9.00. The van der Waals surface area contributed by atoms with E-state index >= 15 is 0 Å². The Bertz CT molecular complexity index is 545. The highest BCUT2D eigenvalue weighted by atomic mass is 35.5. The molecule has 0 bridgehead atoms. The molecule has 4 heteroatoms. The van der Waals surface area contributed by atoms with Crippen molar-refractivity contribution in [3.63, 3.8) is 0 Å². The van der Waals surface area contributed by atoms with Gasteiger partial charge in [0, 0.05) is 30.3 Å². The Balaban J connectivity index is 2.28. The van der Waals surface area contributed by atoms with Crippen LogP contribution in [0.2, 0.25) is 5.02 Å². The van der Waals surface area contributed by atoms with Gasteiger partial charge in [-0.25, -0.2) is 0 Å². The fourth-order valence-electron chi connectivity index (χ4n) is 2.24. The van der Waals surface area contributed by atoms with Crippen molar-refractivity contribution < 1.29 is 5.11 Å². The monoisotopic (exact) mass is 290 g/mol. The Morgan fingerprint density at radius 2 is 1.85 bits per heavy atom. The molecule has 2 aromatic carbocycles. The van der Waals surface area contributed by atoms with Gasteiger partial charge in [0.2, 0.25) is 0 Å². The molecule has 0 fully saturated rings. The molecule has 0 spiro atoms. The molecule has 2 aromatic rings. The Morgan fingerprint density at radius 1 is 1.10 bits per heavy atom. The van der Waals surface area contributed by atoms with E-state index < -0.39 is 0 Å². The second kappa shape index (κ2) is 7.29. The number of anilines is 1. The number of benzene rings is 2. The minimum absolute atomic E-state index is 0.0967. The molecule has 0 aliphatic rings. The predicted molar refractivity (Wildman–Crippen MR) is 83.9 cm³/mol. The lowest BCUT2D eigenvalue weighted by Gasteiger charge is -2.26. The molecule has 0 unspecified atom stereocenters. The molecule has 0 atom stereocenters. The summed E-state index contributed by atoms with van der Waals surface area (Å²) < 4.78 is 0. The second-order valence-electron chi connectivity index (χ2n) is 4.61. The van der Waals surface area contributed by atoms with Gasteiger partial charge in [0.25, 0.3) is 0 Å². The highest BCUT2D eigenvalue weighted by Gasteiger charge is 2.11. The normalized spacial score (nSPS) is 10.6. The van der Waals surface area contributed by atoms with E-state index in [1.165, 1.54) is 5.56 Å². The number of nitrogens with two attached hydrogens (primary N) is 1. The maximum atomic E-state index is 9.30. The van der Waals surface area contributed by atoms with Crippen LogP contribution in [-0.2, 0) is 13.1 Å². The van der Waals surface area contributed by atoms with Gasteiger partial charge in [-0.15, -0.1) is 0 Å². The highest BCUT2D eigenvalue weighted by molar-refractivity contribution is 6.30. The van der Waals surface area contributed by atoms with E-state index in [4.69, 9.17) is 17.3 Å². The van der Waals surface area contributed by atoms with Crippen molar-refractivity contribution in [2.24, 2.45) is 5.73 Å². The fourth-order valence-corrected chi connectivity index (χ4v) is 2.43. The van der Waals surface area contributed by atoms with Crippen LogP contribution in [0, 0.1) is 0 Å². The third-order valence-electron chi connectivity index (χ3n) is 3.19. The second-order valence-corrected chi connectivity index (χ2v) is 5.04. The number of aliphatic hydroxyl groups excluding tert-OH is 1. The van der Waals surface area contributed by atoms with Gasteiger partial charge >= 0.3 is 0 Å². The molecular weight excluding hydrogens is 272 g/mol. The summed E-state index contributed by atoms with van der Waals surface area (Å²) in [5.74, 6) is 0. The van der Waals surface area contributed by atoms with Crippen LogP contribution in [0.5, 0.6) is 0 Å². The van der Waals surface area contributed by atoms with Crippen LogP contribution in [0.1, 0.15) is 11.1 Å². The molecule has 3 N–H and O–H groups in total. The first kappa shape index (κ1) is 14.9. The van der Waals surface area contributed by atoms with Crippen molar-refractivity contribution in [3.05, 3.63) is 64.7 Å². The number of nitrogens with zero attached hydrogens (tertiary/aromatic N) is 1. The van der Waals surface area contributed by atoms with Crippen molar-refractivity contribution in [3.8, 4) is 0 Å². The molecule has 20 heavy (non-hydrogen) atoms. The van der Waals surface area contributed by atoms with E-state index in [0.717, 1.165) is 17.8 Å². The lowest BCUT2D eigenvalue weighted by molar-refractivity contribution is 0.301. The average Bonchev–Trinajstić information content (AvgIpc) is 2.48. The average molecular weight is 291 g/mol. The van der Waals surface area contributed by atoms with E-state index in [9.17, 15) is 5.11 Å². The van der Waals surface area contributed by atoms with Gasteiger partial charge in [0.15, 0.2) is 0 Å². The van der Waals surface area contributed by atoms with Gasteiger partial charge in [-0.05, 0) is 29.3 Å². The van der Waals surface area contributed by atoms with Crippen LogP contribution in [0.3, 0.4) is 0 Å². The van der Waals surface area contributed by atoms with Crippen LogP contribution in [0.4, 0.5) is 5.69 Å². The molecule has 0 aromatic heterocycles. The first-order valence-corrected chi connectivity index (χ1v) is 7.00. The first-order chi connectivity index (χ1) is 9.74. The molecule has 0 saturated heterocycles. The molecule has 3 nitrogen and oxygen atoms in total. The summed E-state index contributed by atoms with van der Waals surface area (Å²) in [6.07, 6.45) is 0. The third-order valence-corrected chi connectivity index (χ3v) is 3.42. The van der Waals surface area contributed by atoms with Crippen molar-refractivity contribution in [2.45, 2.75) is 13.1 Å². The van der Waals surface area contributed by atoms with Gasteiger partial charge < -0.3 is 15.7 Å². The lowest BCUT2D eigenvalue weighted by Crippen LogP contribution is -2.27. The summed E-state index contributed by atoms with van der Waals surface area (Å²) >= 11 is 6.01. The zero-order valence-electron chi connectivity index (χ0n) is 11.3. The standard InChI is InChI=1S/C16H19ClN2O/c17-15-6-7-16(14(10-15)11-18)19(8-9-20)12-13-4-2-1-3-5-13/h1-7,10,20H,8-9,11-12,18H2. The first-order valence-electron chi connectivity index (χ1n) is 6.63. The van der Waals surface area contributed by atoms with E-state index in [0.29, 0.717) is 18.1 Å². The summed E-state index contributed by atoms with van der Waals surface area (Å²) in [5, 5.41) is 9.97. The van der Waals surface area contributed by atoms with Crippen molar-refractivity contribution in [1.29, 1.82) is 0 Å². The minimum Gasteiger partial charge on any atom is -0.395 e. The van der Waals surface area contributed by atoms with E-state index in [-0.39, 0.29) is 6.61 Å². The molecule has 2 rings (SSSR count). The van der Waals surface area contributed by atoms with Crippen LogP contribution < -0.4 is 10.6 Å². The third kappa shape index (κ3) is 3.73. The molecule has 0 aliphatic carbocycles. The maximum Gasteiger partial charge on any atom is 0.0606 e. The van der Waals surface area contributed by atoms with Gasteiger partial charge in [-0.3, -0.25) is 0 Å². The van der Waals surface area contributed by atoms with Gasteiger partial charge in [-0.2, -0.15) is 0 Å². The van der Waals surface area contributed by atoms with Gasteiger partial charge in [0.1, 0.15) is 0 Å². The number of rotatable bonds is 6. The SMILES string of the molecule is NCc1cc(Cl)ccc1N(CCO)Cc1ccccc1. The summed E-state index contributed by atoms with van der Waals surface area (Å²) in [7, 11) is 0. The van der Waals surface area contributed by atoms with Crippen LogP contribution >= 0.6 is 11.6 Å². The zero-order valence-corrected chi connectivity index (χ0v) is 12.1. The highest BCUT2D eigenvalue weighted by Crippen LogP contribution is 2.25. The Hall–Kier alpha value is -1.55. The summed E-state index contributed by atoms with van der Waals surface area (Å²) in [6, 6.07) is 15.9. The van der Waals surface area contributed by atoms with Crippen LogP contribution in [0.15, 0.2) is 48.5 Å². The molecule has 0 saturated carbocycles. The number of aliphatic hydroxyl groups is 1. The van der Waals surface area contributed by atoms with Crippen molar-refractivity contribution >= 4 is 17.3 Å². The lowest BCUT2D eigenvalue weighted by atomic mass is 10.1. The van der Waals surface area contributed by atoms with Crippen LogP contribution in [-0.4, -0.2) is 18.3 Å². The zero-order chi connectivity index (χ0) is 14.4. The predicted octanol–water partition coefficient (Wildman–Crippen LogP) is 2.80. The number of hydrogen-bond acceptors (Lipinski definition) is 3. The maximum absolute atomic E-state index is 9.30. The Labute approximate surface area is 124 Å². The smallest absolute Gasteiger partial charge is 0.0606 e. The summed E-state index contributed by atoms with van der Waals surface area (Å²) in [4.78, 5) is 2.12. The Kier molecular flexibility index (Phi) is 5.41. The number of halogens is 1. The topological polar surface area (TPSA) is 49.5 Å². The minimum atomic E-state index is 0.0967. The largest absolute Gasteiger partial charge is 0.395 e. The molecule has 0 radical (unpaired) electrons. The quantitative estimate of drug-likeness (QED) is 0.860. The van der Waals surface area contributed by atoms with Gasteiger partial charge in [-0.1, -0.05) is 41.9 Å². The fraction of sp³-hybridized carbons (Fsp3) is 0.250. The van der Waals surface area contributed by atoms with Gasteiger partial charge in [0.05, 0.1) is 6.61 Å².